The lowest BCUT2D eigenvalue weighted by Crippen LogP contribution is -2.38. The predicted octanol–water partition coefficient (Wildman–Crippen LogP) is 3.01. The van der Waals surface area contributed by atoms with Crippen molar-refractivity contribution in [2.24, 2.45) is 0 Å². The highest BCUT2D eigenvalue weighted by Crippen LogP contribution is 2.22. The van der Waals surface area contributed by atoms with Crippen LogP contribution in [-0.4, -0.2) is 31.8 Å². The maximum Gasteiger partial charge on any atom is 0.385 e. The number of benzene rings is 1. The average Bonchev–Trinajstić information content (AvgIpc) is 2.38. The fourth-order valence-electron chi connectivity index (χ4n) is 1.15. The number of hydrogen-bond donors (Lipinski definition) is 0. The third-order valence-corrected chi connectivity index (χ3v) is 3.00. The van der Waals surface area contributed by atoms with E-state index in [0.29, 0.717) is 5.69 Å². The summed E-state index contributed by atoms with van der Waals surface area (Å²) in [4.78, 5) is 22.0. The van der Waals surface area contributed by atoms with Gasteiger partial charge in [-0.1, -0.05) is 15.9 Å². The highest BCUT2D eigenvalue weighted by Gasteiger charge is 2.24. The second-order valence-electron chi connectivity index (χ2n) is 2.92. The molecule has 0 bridgehead atoms. The highest BCUT2D eigenvalue weighted by atomic mass is 79.9. The number of halogens is 1. The lowest BCUT2D eigenvalue weighted by Gasteiger charge is -2.24. The van der Waals surface area contributed by atoms with E-state index in [4.69, 9.17) is 13.9 Å². The average molecular weight is 337 g/mol. The minimum atomic E-state index is -0.519. The molecule has 0 aromatic heterocycles. The number of nitrogens with zero attached hydrogens (tertiary/aromatic N) is 2. The summed E-state index contributed by atoms with van der Waals surface area (Å²) in [5.74, 6) is 0. The molecule has 0 saturated carbocycles. The fourth-order valence-corrected chi connectivity index (χ4v) is 1.75. The van der Waals surface area contributed by atoms with Crippen LogP contribution >= 0.6 is 28.2 Å². The van der Waals surface area contributed by atoms with Gasteiger partial charge < -0.3 is 0 Å². The van der Waals surface area contributed by atoms with Crippen molar-refractivity contribution in [3.63, 3.8) is 0 Å². The summed E-state index contributed by atoms with van der Waals surface area (Å²) in [5.41, 5.74) is 0.574. The molecule has 100 valence electrons. The molecule has 8 heteroatoms. The van der Waals surface area contributed by atoms with E-state index in [2.05, 4.69) is 15.9 Å². The van der Waals surface area contributed by atoms with Gasteiger partial charge >= 0.3 is 6.03 Å². The molecule has 6 nitrogen and oxygen atoms in total. The Labute approximate surface area is 118 Å². The van der Waals surface area contributed by atoms with Gasteiger partial charge in [-0.15, -0.1) is 4.47 Å². The van der Waals surface area contributed by atoms with E-state index >= 15 is 0 Å². The Morgan fingerprint density at radius 3 is 2.22 bits per heavy atom. The van der Waals surface area contributed by atoms with Crippen LogP contribution in [0.4, 0.5) is 10.5 Å². The van der Waals surface area contributed by atoms with Crippen LogP contribution in [-0.2, 0) is 13.9 Å². The molecule has 0 atom stereocenters. The van der Waals surface area contributed by atoms with Crippen LogP contribution < -0.4 is 5.06 Å². The van der Waals surface area contributed by atoms with E-state index in [-0.39, 0.29) is 0 Å². The summed E-state index contributed by atoms with van der Waals surface area (Å²) in [6.45, 7) is 0. The standard InChI is InChI=1S/C10H13BrN2O4S/c1-15-12(9-6-4-8(11)5-7-9)10(14)13(16-2)18-17-3/h4-7H,1-3H3. The summed E-state index contributed by atoms with van der Waals surface area (Å²) < 4.78 is 6.63. The Hall–Kier alpha value is -0.800. The minimum absolute atomic E-state index is 0.519. The van der Waals surface area contributed by atoms with Gasteiger partial charge in [0.2, 0.25) is 0 Å². The summed E-state index contributed by atoms with van der Waals surface area (Å²) >= 11 is 4.07. The zero-order valence-electron chi connectivity index (χ0n) is 10.1. The lowest BCUT2D eigenvalue weighted by molar-refractivity contribution is -0.0139. The Morgan fingerprint density at radius 1 is 1.17 bits per heavy atom. The molecule has 0 aliphatic carbocycles. The molecule has 0 heterocycles. The number of anilines is 1. The molecule has 0 N–H and O–H groups in total. The van der Waals surface area contributed by atoms with Crippen molar-refractivity contribution >= 4 is 39.9 Å². The normalized spacial score (nSPS) is 10.2. The molecule has 0 aliphatic heterocycles. The van der Waals surface area contributed by atoms with Crippen molar-refractivity contribution in [1.82, 2.24) is 4.47 Å². The smallest absolute Gasteiger partial charge is 0.298 e. The molecule has 1 aromatic rings. The molecular formula is C10H13BrN2O4S. The van der Waals surface area contributed by atoms with Crippen LogP contribution in [0.2, 0.25) is 0 Å². The second-order valence-corrected chi connectivity index (χ2v) is 4.65. The van der Waals surface area contributed by atoms with Crippen molar-refractivity contribution in [2.75, 3.05) is 26.4 Å². The largest absolute Gasteiger partial charge is 0.385 e. The van der Waals surface area contributed by atoms with Crippen LogP contribution in [0.15, 0.2) is 28.7 Å². The van der Waals surface area contributed by atoms with Gasteiger partial charge in [0, 0.05) is 4.47 Å². The summed E-state index contributed by atoms with van der Waals surface area (Å²) in [7, 11) is 4.19. The Bertz CT molecular complexity index is 390. The molecule has 0 aliphatic rings. The van der Waals surface area contributed by atoms with Crippen LogP contribution in [0.25, 0.3) is 0 Å². The number of urea groups is 1. The van der Waals surface area contributed by atoms with E-state index < -0.39 is 6.03 Å². The maximum atomic E-state index is 12.1. The Kier molecular flexibility index (Phi) is 6.44. The number of hydroxylamine groups is 2. The number of amides is 2. The summed E-state index contributed by atoms with van der Waals surface area (Å²) in [5, 5.41) is 1.09. The summed E-state index contributed by atoms with van der Waals surface area (Å²) in [6, 6.07) is 6.55. The van der Waals surface area contributed by atoms with Crippen molar-refractivity contribution in [3.8, 4) is 0 Å². The van der Waals surface area contributed by atoms with Crippen LogP contribution in [0.1, 0.15) is 0 Å². The van der Waals surface area contributed by atoms with Gasteiger partial charge in [0.15, 0.2) is 0 Å². The first-order chi connectivity index (χ1) is 8.63. The molecule has 2 amide bonds. The number of carbonyl (C=O) groups excluding carboxylic acids is 1. The molecular weight excluding hydrogens is 324 g/mol. The predicted molar refractivity (Wildman–Crippen MR) is 72.5 cm³/mol. The van der Waals surface area contributed by atoms with Gasteiger partial charge in [0.25, 0.3) is 0 Å². The molecule has 18 heavy (non-hydrogen) atoms. The first-order valence-electron chi connectivity index (χ1n) is 4.82. The molecule has 0 saturated heterocycles. The Balaban J connectivity index is 2.88. The Morgan fingerprint density at radius 2 is 1.78 bits per heavy atom. The fraction of sp³-hybridized carbons (Fsp3) is 0.300. The number of hydrogen-bond acceptors (Lipinski definition) is 5. The third kappa shape index (κ3) is 3.85. The quantitative estimate of drug-likeness (QED) is 0.470. The van der Waals surface area contributed by atoms with E-state index in [9.17, 15) is 4.79 Å². The SMILES string of the molecule is COSN(OC)C(=O)N(OC)c1ccc(Br)cc1. The minimum Gasteiger partial charge on any atom is -0.298 e. The van der Waals surface area contributed by atoms with Crippen molar-refractivity contribution in [2.45, 2.75) is 0 Å². The third-order valence-electron chi connectivity index (χ3n) is 1.88. The van der Waals surface area contributed by atoms with Crippen LogP contribution in [0, 0.1) is 0 Å². The first kappa shape index (κ1) is 15.3. The van der Waals surface area contributed by atoms with Gasteiger partial charge in [-0.05, 0) is 24.3 Å². The van der Waals surface area contributed by atoms with E-state index in [1.54, 1.807) is 24.3 Å². The highest BCUT2D eigenvalue weighted by molar-refractivity contribution is 9.10. The van der Waals surface area contributed by atoms with Gasteiger partial charge in [-0.25, -0.2) is 4.79 Å². The first-order valence-corrected chi connectivity index (χ1v) is 6.32. The monoisotopic (exact) mass is 336 g/mol. The summed E-state index contributed by atoms with van der Waals surface area (Å²) in [6.07, 6.45) is 0. The van der Waals surface area contributed by atoms with Crippen LogP contribution in [0.3, 0.4) is 0 Å². The van der Waals surface area contributed by atoms with Crippen molar-refractivity contribution in [3.05, 3.63) is 28.7 Å². The lowest BCUT2D eigenvalue weighted by atomic mass is 10.3. The van der Waals surface area contributed by atoms with Gasteiger partial charge in [-0.2, -0.15) is 5.06 Å². The molecule has 0 spiro atoms. The molecule has 0 fully saturated rings. The second kappa shape index (κ2) is 7.59. The van der Waals surface area contributed by atoms with Crippen molar-refractivity contribution < 1.29 is 18.7 Å². The van der Waals surface area contributed by atoms with E-state index in [0.717, 1.165) is 26.2 Å². The zero-order valence-corrected chi connectivity index (χ0v) is 12.5. The van der Waals surface area contributed by atoms with Gasteiger partial charge in [0.1, 0.15) is 12.2 Å². The van der Waals surface area contributed by atoms with Crippen LogP contribution in [0.5, 0.6) is 0 Å². The number of carbonyl (C=O) groups is 1. The topological polar surface area (TPSA) is 51.2 Å². The molecule has 1 aromatic carbocycles. The van der Waals surface area contributed by atoms with Crippen molar-refractivity contribution in [1.29, 1.82) is 0 Å². The van der Waals surface area contributed by atoms with E-state index in [1.165, 1.54) is 21.3 Å². The number of rotatable bonds is 5. The maximum absolute atomic E-state index is 12.1. The van der Waals surface area contributed by atoms with E-state index in [1.807, 2.05) is 0 Å². The molecule has 0 unspecified atom stereocenters. The molecule has 1 rings (SSSR count). The molecule has 0 radical (unpaired) electrons. The zero-order chi connectivity index (χ0) is 13.5. The van der Waals surface area contributed by atoms with Gasteiger partial charge in [-0.3, -0.25) is 13.9 Å². The van der Waals surface area contributed by atoms with Gasteiger partial charge in [0.05, 0.1) is 27.0 Å².